The van der Waals surface area contributed by atoms with Gasteiger partial charge < -0.3 is 0 Å². The number of hydrogen-bond acceptors (Lipinski definition) is 1. The Balaban J connectivity index is 2.96. The van der Waals surface area contributed by atoms with Crippen LogP contribution in [0, 0.1) is 12.3 Å². The number of alkyl halides is 6. The van der Waals surface area contributed by atoms with E-state index in [-0.39, 0.29) is 23.6 Å². The monoisotopic (exact) mass is 302 g/mol. The van der Waals surface area contributed by atoms with Crippen LogP contribution in [0.4, 0.5) is 26.3 Å². The van der Waals surface area contributed by atoms with Gasteiger partial charge in [-0.25, -0.2) is 13.2 Å². The lowest BCUT2D eigenvalue weighted by molar-refractivity contribution is -0.265. The number of thioether (sulfide) groups is 1. The number of aryl methyl sites for hydroxylation is 1. The molecule has 0 heterocycles. The minimum atomic E-state index is -5.32. The van der Waals surface area contributed by atoms with Gasteiger partial charge >= 0.3 is 6.18 Å². The lowest BCUT2D eigenvalue weighted by atomic mass is 9.92. The summed E-state index contributed by atoms with van der Waals surface area (Å²) in [4.78, 5) is 0.175. The maximum absolute atomic E-state index is 13.7. The Labute approximate surface area is 111 Å². The molecule has 0 spiro atoms. The highest BCUT2D eigenvalue weighted by atomic mass is 32.2. The van der Waals surface area contributed by atoms with E-state index >= 15 is 0 Å². The Kier molecular flexibility index (Phi) is 4.81. The van der Waals surface area contributed by atoms with Crippen molar-refractivity contribution in [2.24, 2.45) is 5.41 Å². The second-order valence-corrected chi connectivity index (χ2v) is 5.45. The van der Waals surface area contributed by atoms with Crippen molar-refractivity contribution in [3.8, 4) is 0 Å². The van der Waals surface area contributed by atoms with Gasteiger partial charge in [-0.05, 0) is 26.0 Å². The Bertz CT molecular complexity index is 413. The summed E-state index contributed by atoms with van der Waals surface area (Å²) >= 11 is 0.148. The predicted molar refractivity (Wildman–Crippen MR) is 62.1 cm³/mol. The Morgan fingerprint density at radius 2 is 1.47 bits per heavy atom. The Morgan fingerprint density at radius 3 is 1.84 bits per heavy atom. The standard InChI is InChI=1S/C12H12F6S/c1-7-3-5-8(6-4-7)19-10(15)11(2,9(13)14)12(16,17)18/h3-6,9-10H,1-2H3. The van der Waals surface area contributed by atoms with Gasteiger partial charge in [0.15, 0.2) is 10.9 Å². The SMILES string of the molecule is Cc1ccc(SC(F)C(C)(C(F)F)C(F)(F)F)cc1. The summed E-state index contributed by atoms with van der Waals surface area (Å²) in [6.45, 7) is 1.95. The largest absolute Gasteiger partial charge is 0.403 e. The van der Waals surface area contributed by atoms with Crippen LogP contribution >= 0.6 is 11.8 Å². The first-order chi connectivity index (χ1) is 8.59. The summed E-state index contributed by atoms with van der Waals surface area (Å²) < 4.78 is 76.9. The molecule has 0 saturated heterocycles. The first-order valence-corrected chi connectivity index (χ1v) is 6.19. The summed E-state index contributed by atoms with van der Waals surface area (Å²) in [7, 11) is 0. The fourth-order valence-corrected chi connectivity index (χ4v) is 2.22. The number of rotatable bonds is 4. The zero-order valence-corrected chi connectivity index (χ0v) is 11.0. The summed E-state index contributed by atoms with van der Waals surface area (Å²) in [5.74, 6) is 0. The van der Waals surface area contributed by atoms with Crippen LogP contribution in [0.3, 0.4) is 0 Å². The van der Waals surface area contributed by atoms with Gasteiger partial charge in [0.2, 0.25) is 0 Å². The molecular formula is C12H12F6S. The lowest BCUT2D eigenvalue weighted by Gasteiger charge is -2.33. The van der Waals surface area contributed by atoms with Crippen molar-refractivity contribution >= 4 is 11.8 Å². The van der Waals surface area contributed by atoms with E-state index in [0.717, 1.165) is 5.56 Å². The van der Waals surface area contributed by atoms with Crippen LogP contribution in [0.1, 0.15) is 12.5 Å². The summed E-state index contributed by atoms with van der Waals surface area (Å²) in [5, 5.41) is 0. The van der Waals surface area contributed by atoms with Crippen molar-refractivity contribution in [2.45, 2.75) is 36.8 Å². The second-order valence-electron chi connectivity index (χ2n) is 4.33. The van der Waals surface area contributed by atoms with E-state index in [9.17, 15) is 26.3 Å². The van der Waals surface area contributed by atoms with Gasteiger partial charge in [-0.3, -0.25) is 0 Å². The fraction of sp³-hybridized carbons (Fsp3) is 0.500. The lowest BCUT2D eigenvalue weighted by Crippen LogP contribution is -2.47. The fourth-order valence-electron chi connectivity index (χ4n) is 1.21. The average Bonchev–Trinajstić information content (AvgIpc) is 2.29. The molecule has 0 radical (unpaired) electrons. The third-order valence-corrected chi connectivity index (χ3v) is 4.04. The number of hydrogen-bond donors (Lipinski definition) is 0. The number of halogens is 6. The molecule has 1 aromatic carbocycles. The minimum Gasteiger partial charge on any atom is -0.234 e. The topological polar surface area (TPSA) is 0 Å². The minimum absolute atomic E-state index is 0.148. The summed E-state index contributed by atoms with van der Waals surface area (Å²) in [6.07, 6.45) is -9.15. The molecule has 1 aromatic rings. The van der Waals surface area contributed by atoms with Crippen molar-refractivity contribution in [3.05, 3.63) is 29.8 Å². The smallest absolute Gasteiger partial charge is 0.234 e. The molecule has 108 valence electrons. The molecule has 0 aliphatic heterocycles. The van der Waals surface area contributed by atoms with Gasteiger partial charge in [-0.2, -0.15) is 13.2 Å². The van der Waals surface area contributed by atoms with E-state index in [0.29, 0.717) is 0 Å². The van der Waals surface area contributed by atoms with Gasteiger partial charge in [0.25, 0.3) is 6.43 Å². The molecule has 0 aromatic heterocycles. The Hall–Kier alpha value is -0.850. The van der Waals surface area contributed by atoms with Gasteiger partial charge in [-0.15, -0.1) is 0 Å². The first-order valence-electron chi connectivity index (χ1n) is 5.31. The van der Waals surface area contributed by atoms with Crippen molar-refractivity contribution in [2.75, 3.05) is 0 Å². The molecule has 0 aliphatic carbocycles. The van der Waals surface area contributed by atoms with Gasteiger partial charge in [0.05, 0.1) is 0 Å². The van der Waals surface area contributed by atoms with E-state index < -0.39 is 23.5 Å². The van der Waals surface area contributed by atoms with Crippen LogP contribution < -0.4 is 0 Å². The van der Waals surface area contributed by atoms with E-state index in [1.54, 1.807) is 19.1 Å². The highest BCUT2D eigenvalue weighted by molar-refractivity contribution is 7.99. The van der Waals surface area contributed by atoms with Crippen LogP contribution in [0.15, 0.2) is 29.2 Å². The third-order valence-electron chi connectivity index (χ3n) is 2.80. The molecule has 2 atom stereocenters. The van der Waals surface area contributed by atoms with E-state index in [1.165, 1.54) is 12.1 Å². The summed E-state index contributed by atoms with van der Waals surface area (Å²) in [6, 6.07) is 5.94. The van der Waals surface area contributed by atoms with Gasteiger partial charge in [0.1, 0.15) is 0 Å². The molecule has 0 amide bonds. The van der Waals surface area contributed by atoms with Crippen molar-refractivity contribution < 1.29 is 26.3 Å². The normalized spacial score (nSPS) is 17.3. The maximum Gasteiger partial charge on any atom is 0.403 e. The Morgan fingerprint density at radius 1 is 1.00 bits per heavy atom. The molecule has 1 rings (SSSR count). The molecule has 19 heavy (non-hydrogen) atoms. The predicted octanol–water partition coefficient (Wildman–Crippen LogP) is 5.22. The van der Waals surface area contributed by atoms with Gasteiger partial charge in [0, 0.05) is 4.90 Å². The van der Waals surface area contributed by atoms with Crippen LogP contribution in [-0.4, -0.2) is 18.1 Å². The van der Waals surface area contributed by atoms with Crippen molar-refractivity contribution in [1.29, 1.82) is 0 Å². The molecule has 0 bridgehead atoms. The van der Waals surface area contributed by atoms with Crippen molar-refractivity contribution in [3.63, 3.8) is 0 Å². The maximum atomic E-state index is 13.7. The van der Waals surface area contributed by atoms with Crippen LogP contribution in [0.2, 0.25) is 0 Å². The molecule has 0 saturated carbocycles. The van der Waals surface area contributed by atoms with Crippen molar-refractivity contribution in [1.82, 2.24) is 0 Å². The van der Waals surface area contributed by atoms with E-state index in [2.05, 4.69) is 0 Å². The molecule has 0 N–H and O–H groups in total. The molecular weight excluding hydrogens is 290 g/mol. The highest BCUT2D eigenvalue weighted by Crippen LogP contribution is 2.51. The van der Waals surface area contributed by atoms with E-state index in [4.69, 9.17) is 0 Å². The number of benzene rings is 1. The second kappa shape index (κ2) is 5.64. The van der Waals surface area contributed by atoms with Gasteiger partial charge in [-0.1, -0.05) is 29.5 Å². The molecule has 0 nitrogen and oxygen atoms in total. The quantitative estimate of drug-likeness (QED) is 0.543. The average molecular weight is 302 g/mol. The highest BCUT2D eigenvalue weighted by Gasteiger charge is 2.63. The van der Waals surface area contributed by atoms with E-state index in [1.807, 2.05) is 0 Å². The zero-order valence-electron chi connectivity index (χ0n) is 10.1. The zero-order chi connectivity index (χ0) is 14.8. The summed E-state index contributed by atoms with van der Waals surface area (Å²) in [5.41, 5.74) is -5.63. The van der Waals surface area contributed by atoms with Crippen LogP contribution in [0.25, 0.3) is 0 Å². The van der Waals surface area contributed by atoms with Crippen LogP contribution in [0.5, 0.6) is 0 Å². The first kappa shape index (κ1) is 16.2. The third kappa shape index (κ3) is 3.38. The molecule has 2 unspecified atom stereocenters. The molecule has 0 fully saturated rings. The molecule has 7 heteroatoms. The molecule has 0 aliphatic rings. The van der Waals surface area contributed by atoms with Crippen LogP contribution in [-0.2, 0) is 0 Å².